The molecule has 3 aromatic rings. The molecule has 1 amide bonds. The van der Waals surface area contributed by atoms with E-state index in [9.17, 15) is 9.59 Å². The molecule has 1 saturated heterocycles. The number of furan rings is 1. The normalized spacial score (nSPS) is 19.0. The van der Waals surface area contributed by atoms with Crippen molar-refractivity contribution in [2.24, 2.45) is 5.92 Å². The lowest BCUT2D eigenvalue weighted by Gasteiger charge is -2.30. The van der Waals surface area contributed by atoms with Crippen LogP contribution in [-0.4, -0.2) is 39.2 Å². The van der Waals surface area contributed by atoms with E-state index >= 15 is 0 Å². The zero-order valence-corrected chi connectivity index (χ0v) is 19.4. The van der Waals surface area contributed by atoms with E-state index < -0.39 is 0 Å². The van der Waals surface area contributed by atoms with E-state index in [1.807, 2.05) is 17.0 Å². The Morgan fingerprint density at radius 1 is 1.32 bits per heavy atom. The second-order valence-electron chi connectivity index (χ2n) is 8.63. The van der Waals surface area contributed by atoms with Crippen LogP contribution >= 0.6 is 23.1 Å². The molecule has 1 unspecified atom stereocenters. The quantitative estimate of drug-likeness (QED) is 0.421. The van der Waals surface area contributed by atoms with Gasteiger partial charge in [0.25, 0.3) is 5.56 Å². The molecule has 164 valence electrons. The highest BCUT2D eigenvalue weighted by Crippen LogP contribution is 2.35. The van der Waals surface area contributed by atoms with Gasteiger partial charge in [-0.1, -0.05) is 18.7 Å². The predicted molar refractivity (Wildman–Crippen MR) is 124 cm³/mol. The van der Waals surface area contributed by atoms with Gasteiger partial charge in [-0.15, -0.1) is 11.3 Å². The predicted octanol–water partition coefficient (Wildman–Crippen LogP) is 4.33. The molecule has 0 spiro atoms. The third-order valence-electron chi connectivity index (χ3n) is 6.27. The van der Waals surface area contributed by atoms with E-state index in [2.05, 4.69) is 6.92 Å². The van der Waals surface area contributed by atoms with Crippen LogP contribution in [0.25, 0.3) is 10.2 Å². The van der Waals surface area contributed by atoms with Gasteiger partial charge < -0.3 is 9.32 Å². The van der Waals surface area contributed by atoms with Crippen LogP contribution < -0.4 is 5.56 Å². The Labute approximate surface area is 189 Å². The van der Waals surface area contributed by atoms with E-state index in [4.69, 9.17) is 9.40 Å². The lowest BCUT2D eigenvalue weighted by atomic mass is 9.97. The van der Waals surface area contributed by atoms with Crippen molar-refractivity contribution in [3.8, 4) is 0 Å². The maximum atomic E-state index is 13.6. The first-order valence-corrected chi connectivity index (χ1v) is 12.9. The Bertz CT molecular complexity index is 1150. The van der Waals surface area contributed by atoms with Crippen molar-refractivity contribution in [3.05, 3.63) is 45.0 Å². The minimum atomic E-state index is -0.0117. The van der Waals surface area contributed by atoms with Crippen molar-refractivity contribution in [1.82, 2.24) is 14.5 Å². The van der Waals surface area contributed by atoms with Gasteiger partial charge in [0.15, 0.2) is 5.16 Å². The molecule has 1 aliphatic carbocycles. The summed E-state index contributed by atoms with van der Waals surface area (Å²) in [5, 5.41) is 1.37. The molecule has 0 aromatic carbocycles. The van der Waals surface area contributed by atoms with E-state index in [0.717, 1.165) is 49.0 Å². The van der Waals surface area contributed by atoms with Gasteiger partial charge >= 0.3 is 0 Å². The van der Waals surface area contributed by atoms with Crippen molar-refractivity contribution in [1.29, 1.82) is 0 Å². The molecule has 4 heterocycles. The molecule has 8 heteroatoms. The fourth-order valence-corrected chi connectivity index (χ4v) is 6.87. The number of aryl methyl sites for hydroxylation is 2. The standard InChI is InChI=1S/C23H27N3O3S2/c1-15-6-4-10-25(12-15)19(27)14-30-23-24-21-20(17-8-2-3-9-18(17)31-21)22(28)26(23)13-16-7-5-11-29-16/h5,7,11,15H,2-4,6,8-10,12-14H2,1H3. The zero-order chi connectivity index (χ0) is 21.4. The first-order valence-electron chi connectivity index (χ1n) is 11.1. The summed E-state index contributed by atoms with van der Waals surface area (Å²) in [5.41, 5.74) is 1.18. The second kappa shape index (κ2) is 8.82. The fraction of sp³-hybridized carbons (Fsp3) is 0.522. The summed E-state index contributed by atoms with van der Waals surface area (Å²) in [5.74, 6) is 1.69. The molecule has 1 aliphatic heterocycles. The second-order valence-corrected chi connectivity index (χ2v) is 10.7. The van der Waals surface area contributed by atoms with Crippen LogP contribution in [0, 0.1) is 5.92 Å². The Balaban J connectivity index is 1.48. The van der Waals surface area contributed by atoms with Gasteiger partial charge in [-0.2, -0.15) is 0 Å². The van der Waals surface area contributed by atoms with Gasteiger partial charge in [-0.3, -0.25) is 14.2 Å². The largest absolute Gasteiger partial charge is 0.467 e. The highest BCUT2D eigenvalue weighted by Gasteiger charge is 2.25. The highest BCUT2D eigenvalue weighted by atomic mass is 32.2. The SMILES string of the molecule is CC1CCCN(C(=O)CSc2nc3sc4c(c3c(=O)n2Cc2ccco2)CCCC4)C1. The van der Waals surface area contributed by atoms with Crippen LogP contribution in [0.1, 0.15) is 48.8 Å². The van der Waals surface area contributed by atoms with E-state index in [0.29, 0.717) is 29.1 Å². The number of fused-ring (bicyclic) bond motifs is 3. The molecular formula is C23H27N3O3S2. The van der Waals surface area contributed by atoms with Crippen molar-refractivity contribution < 1.29 is 9.21 Å². The molecule has 2 aliphatic rings. The summed E-state index contributed by atoms with van der Waals surface area (Å²) in [6.07, 6.45) is 8.13. The minimum absolute atomic E-state index is 0.0117. The molecule has 0 saturated carbocycles. The number of thiophene rings is 1. The van der Waals surface area contributed by atoms with E-state index in [-0.39, 0.29) is 11.5 Å². The molecular weight excluding hydrogens is 430 g/mol. The Morgan fingerprint density at radius 3 is 3.00 bits per heavy atom. The number of hydrogen-bond acceptors (Lipinski definition) is 6. The van der Waals surface area contributed by atoms with Crippen LogP contribution in [0.5, 0.6) is 0 Å². The average molecular weight is 458 g/mol. The molecule has 6 nitrogen and oxygen atoms in total. The number of carbonyl (C=O) groups is 1. The van der Waals surface area contributed by atoms with Crippen LogP contribution in [0.15, 0.2) is 32.8 Å². The third kappa shape index (κ3) is 4.20. The van der Waals surface area contributed by atoms with E-state index in [1.54, 1.807) is 22.2 Å². The Morgan fingerprint density at radius 2 is 2.19 bits per heavy atom. The molecule has 3 aromatic heterocycles. The van der Waals surface area contributed by atoms with Gasteiger partial charge in [0.05, 0.1) is 23.9 Å². The number of nitrogens with zero attached hydrogens (tertiary/aromatic N) is 3. The number of carbonyl (C=O) groups excluding carboxylic acids is 1. The number of amides is 1. The van der Waals surface area contributed by atoms with Gasteiger partial charge in [-0.25, -0.2) is 4.98 Å². The van der Waals surface area contributed by atoms with Gasteiger partial charge in [0.2, 0.25) is 5.91 Å². The number of piperidine rings is 1. The molecule has 0 bridgehead atoms. The fourth-order valence-electron chi connectivity index (χ4n) is 4.66. The Hall–Kier alpha value is -2.06. The first kappa shape index (κ1) is 20.8. The summed E-state index contributed by atoms with van der Waals surface area (Å²) in [4.78, 5) is 35.4. The summed E-state index contributed by atoms with van der Waals surface area (Å²) in [6.45, 7) is 4.17. The molecule has 1 atom stereocenters. The monoisotopic (exact) mass is 457 g/mol. The number of rotatable bonds is 5. The van der Waals surface area contributed by atoms with Crippen molar-refractivity contribution >= 4 is 39.2 Å². The maximum Gasteiger partial charge on any atom is 0.263 e. The zero-order valence-electron chi connectivity index (χ0n) is 17.8. The Kier molecular flexibility index (Phi) is 5.93. The maximum absolute atomic E-state index is 13.6. The van der Waals surface area contributed by atoms with Crippen molar-refractivity contribution in [3.63, 3.8) is 0 Å². The van der Waals surface area contributed by atoms with Crippen molar-refractivity contribution in [2.45, 2.75) is 57.1 Å². The third-order valence-corrected chi connectivity index (χ3v) is 8.42. The minimum Gasteiger partial charge on any atom is -0.467 e. The average Bonchev–Trinajstić information content (AvgIpc) is 3.41. The lowest BCUT2D eigenvalue weighted by Crippen LogP contribution is -2.40. The van der Waals surface area contributed by atoms with E-state index in [1.165, 1.54) is 35.0 Å². The number of hydrogen-bond donors (Lipinski definition) is 0. The van der Waals surface area contributed by atoms with Crippen LogP contribution in [0.3, 0.4) is 0 Å². The molecule has 0 N–H and O–H groups in total. The topological polar surface area (TPSA) is 68.3 Å². The van der Waals surface area contributed by atoms with Crippen LogP contribution in [0.4, 0.5) is 0 Å². The summed E-state index contributed by atoms with van der Waals surface area (Å²) in [7, 11) is 0. The first-order chi connectivity index (χ1) is 15.1. The van der Waals surface area contributed by atoms with Crippen LogP contribution in [-0.2, 0) is 24.2 Å². The van der Waals surface area contributed by atoms with Gasteiger partial charge in [-0.05, 0) is 62.1 Å². The van der Waals surface area contributed by atoms with Gasteiger partial charge in [0.1, 0.15) is 10.6 Å². The molecule has 5 rings (SSSR count). The van der Waals surface area contributed by atoms with Crippen molar-refractivity contribution in [2.75, 3.05) is 18.8 Å². The number of likely N-dealkylation sites (tertiary alicyclic amines) is 1. The molecule has 0 radical (unpaired) electrons. The van der Waals surface area contributed by atoms with Crippen LogP contribution in [0.2, 0.25) is 0 Å². The molecule has 31 heavy (non-hydrogen) atoms. The highest BCUT2D eigenvalue weighted by molar-refractivity contribution is 7.99. The number of thioether (sulfide) groups is 1. The van der Waals surface area contributed by atoms with Gasteiger partial charge in [0, 0.05) is 18.0 Å². The summed E-state index contributed by atoms with van der Waals surface area (Å²) >= 11 is 3.02. The summed E-state index contributed by atoms with van der Waals surface area (Å²) in [6, 6.07) is 3.70. The summed E-state index contributed by atoms with van der Waals surface area (Å²) < 4.78 is 7.21. The smallest absolute Gasteiger partial charge is 0.263 e. The lowest BCUT2D eigenvalue weighted by molar-refractivity contribution is -0.130. The molecule has 1 fully saturated rings. The number of aromatic nitrogens is 2.